The van der Waals surface area contributed by atoms with Crippen LogP contribution in [0.2, 0.25) is 0 Å². The lowest BCUT2D eigenvalue weighted by atomic mass is 10.1. The van der Waals surface area contributed by atoms with Gasteiger partial charge >= 0.3 is 0 Å². The van der Waals surface area contributed by atoms with E-state index in [1.807, 2.05) is 19.1 Å². The van der Waals surface area contributed by atoms with Crippen LogP contribution in [0.25, 0.3) is 6.08 Å². The first kappa shape index (κ1) is 9.45. The molecule has 0 atom stereocenters. The van der Waals surface area contributed by atoms with Crippen LogP contribution in [0.15, 0.2) is 18.7 Å². The largest absolute Gasteiger partial charge is 0.306 e. The molecule has 0 saturated carbocycles. The van der Waals surface area contributed by atoms with E-state index in [1.165, 1.54) is 6.21 Å². The Hall–Kier alpha value is -1.64. The fourth-order valence-corrected chi connectivity index (χ4v) is 1.13. The topological polar surface area (TPSA) is 52.5 Å². The molecule has 0 amide bonds. The molecule has 1 aromatic rings. The molecule has 1 rings (SSSR count). The molecule has 0 aliphatic heterocycles. The third kappa shape index (κ3) is 1.93. The van der Waals surface area contributed by atoms with Crippen molar-refractivity contribution in [2.45, 2.75) is 13.3 Å². The van der Waals surface area contributed by atoms with Gasteiger partial charge in [-0.25, -0.2) is 0 Å². The Labute approximate surface area is 77.7 Å². The highest BCUT2D eigenvalue weighted by Gasteiger charge is 2.05. The maximum absolute atomic E-state index is 7.14. The van der Waals surface area contributed by atoms with Crippen LogP contribution in [0, 0.1) is 5.41 Å². The van der Waals surface area contributed by atoms with Gasteiger partial charge in [0.15, 0.2) is 0 Å². The molecule has 3 nitrogen and oxygen atoms in total. The third-order valence-electron chi connectivity index (χ3n) is 1.80. The second kappa shape index (κ2) is 4.40. The molecule has 0 aromatic carbocycles. The summed E-state index contributed by atoms with van der Waals surface area (Å²) < 4.78 is 0. The van der Waals surface area contributed by atoms with E-state index < -0.39 is 0 Å². The van der Waals surface area contributed by atoms with Crippen LogP contribution in [-0.4, -0.2) is 16.4 Å². The minimum atomic E-state index is 0.676. The highest BCUT2D eigenvalue weighted by molar-refractivity contribution is 5.81. The summed E-state index contributed by atoms with van der Waals surface area (Å²) in [6.45, 7) is 5.64. The first-order valence-electron chi connectivity index (χ1n) is 4.20. The van der Waals surface area contributed by atoms with Gasteiger partial charge in [0.2, 0.25) is 0 Å². The van der Waals surface area contributed by atoms with Gasteiger partial charge in [-0.2, -0.15) is 5.10 Å². The molecule has 1 heterocycles. The molecule has 0 aliphatic rings. The summed E-state index contributed by atoms with van der Waals surface area (Å²) in [6.07, 6.45) is 7.60. The average Bonchev–Trinajstić information content (AvgIpc) is 2.56. The van der Waals surface area contributed by atoms with E-state index in [1.54, 1.807) is 6.08 Å². The van der Waals surface area contributed by atoms with Crippen molar-refractivity contribution in [2.24, 2.45) is 0 Å². The number of aromatic nitrogens is 2. The minimum absolute atomic E-state index is 0.676. The monoisotopic (exact) mass is 175 g/mol. The summed E-state index contributed by atoms with van der Waals surface area (Å²) >= 11 is 0. The molecular formula is C10H13N3. The van der Waals surface area contributed by atoms with E-state index in [0.29, 0.717) is 5.69 Å². The van der Waals surface area contributed by atoms with Crippen molar-refractivity contribution < 1.29 is 0 Å². The number of nitrogens with zero attached hydrogens (tertiary/aromatic N) is 1. The van der Waals surface area contributed by atoms with E-state index in [4.69, 9.17) is 5.41 Å². The van der Waals surface area contributed by atoms with E-state index in [0.717, 1.165) is 17.7 Å². The number of H-pyrrole nitrogens is 1. The van der Waals surface area contributed by atoms with Gasteiger partial charge in [0, 0.05) is 17.5 Å². The van der Waals surface area contributed by atoms with Crippen LogP contribution in [0.4, 0.5) is 0 Å². The lowest BCUT2D eigenvalue weighted by Crippen LogP contribution is -1.85. The van der Waals surface area contributed by atoms with Gasteiger partial charge < -0.3 is 5.41 Å². The highest BCUT2D eigenvalue weighted by Crippen LogP contribution is 2.12. The van der Waals surface area contributed by atoms with Crippen molar-refractivity contribution >= 4 is 12.3 Å². The second-order valence-electron chi connectivity index (χ2n) is 2.59. The highest BCUT2D eigenvalue weighted by atomic mass is 15.1. The number of allylic oxidation sites excluding steroid dienone is 2. The van der Waals surface area contributed by atoms with Gasteiger partial charge in [-0.1, -0.05) is 31.7 Å². The van der Waals surface area contributed by atoms with Crippen LogP contribution < -0.4 is 0 Å². The number of hydrogen-bond donors (Lipinski definition) is 2. The maximum Gasteiger partial charge on any atom is 0.110 e. The van der Waals surface area contributed by atoms with E-state index >= 15 is 0 Å². The van der Waals surface area contributed by atoms with Crippen LogP contribution in [0.5, 0.6) is 0 Å². The van der Waals surface area contributed by atoms with Crippen LogP contribution in [0.1, 0.15) is 23.9 Å². The predicted molar refractivity (Wildman–Crippen MR) is 55.1 cm³/mol. The van der Waals surface area contributed by atoms with Gasteiger partial charge in [0.25, 0.3) is 0 Å². The SMILES string of the molecule is C=C/C=C\c1c(C=N)n[nH]c1CC. The molecule has 3 heteroatoms. The number of aryl methyl sites for hydroxylation is 1. The summed E-state index contributed by atoms with van der Waals surface area (Å²) in [5.41, 5.74) is 2.71. The smallest absolute Gasteiger partial charge is 0.110 e. The van der Waals surface area contributed by atoms with E-state index in [-0.39, 0.29) is 0 Å². The zero-order valence-corrected chi connectivity index (χ0v) is 7.67. The lowest BCUT2D eigenvalue weighted by molar-refractivity contribution is 0.971. The summed E-state index contributed by atoms with van der Waals surface area (Å²) in [7, 11) is 0. The van der Waals surface area contributed by atoms with Crippen LogP contribution in [-0.2, 0) is 6.42 Å². The van der Waals surface area contributed by atoms with Crippen molar-refractivity contribution in [2.75, 3.05) is 0 Å². The number of rotatable bonds is 4. The summed E-state index contributed by atoms with van der Waals surface area (Å²) in [5, 5.41) is 14.0. The molecule has 13 heavy (non-hydrogen) atoms. The Morgan fingerprint density at radius 2 is 2.38 bits per heavy atom. The Kier molecular flexibility index (Phi) is 3.20. The first-order chi connectivity index (χ1) is 6.33. The molecule has 0 bridgehead atoms. The fourth-order valence-electron chi connectivity index (χ4n) is 1.13. The fraction of sp³-hybridized carbons (Fsp3) is 0.200. The Morgan fingerprint density at radius 1 is 1.62 bits per heavy atom. The van der Waals surface area contributed by atoms with Gasteiger partial charge in [-0.05, 0) is 6.42 Å². The molecule has 0 spiro atoms. The Morgan fingerprint density at radius 3 is 2.92 bits per heavy atom. The van der Waals surface area contributed by atoms with Crippen molar-refractivity contribution in [3.8, 4) is 0 Å². The maximum atomic E-state index is 7.14. The second-order valence-corrected chi connectivity index (χ2v) is 2.59. The molecular weight excluding hydrogens is 162 g/mol. The van der Waals surface area contributed by atoms with Crippen molar-refractivity contribution in [3.63, 3.8) is 0 Å². The molecule has 0 radical (unpaired) electrons. The zero-order valence-electron chi connectivity index (χ0n) is 7.67. The molecule has 0 unspecified atom stereocenters. The minimum Gasteiger partial charge on any atom is -0.306 e. The lowest BCUT2D eigenvalue weighted by Gasteiger charge is -1.92. The molecule has 2 N–H and O–H groups in total. The molecule has 0 saturated heterocycles. The summed E-state index contributed by atoms with van der Waals surface area (Å²) in [5.74, 6) is 0. The van der Waals surface area contributed by atoms with Gasteiger partial charge in [-0.15, -0.1) is 0 Å². The number of hydrogen-bond acceptors (Lipinski definition) is 2. The normalized spacial score (nSPS) is 10.5. The van der Waals surface area contributed by atoms with Gasteiger partial charge in [0.1, 0.15) is 5.69 Å². The standard InChI is InChI=1S/C10H13N3/c1-3-5-6-8-9(4-2)12-13-10(8)7-11/h3,5-7,11H,1,4H2,2H3,(H,12,13)/b6-5-,11-7?. The average molecular weight is 175 g/mol. The van der Waals surface area contributed by atoms with Crippen molar-refractivity contribution in [3.05, 3.63) is 35.7 Å². The van der Waals surface area contributed by atoms with Crippen LogP contribution in [0.3, 0.4) is 0 Å². The molecule has 0 aliphatic carbocycles. The van der Waals surface area contributed by atoms with Crippen molar-refractivity contribution in [1.82, 2.24) is 10.2 Å². The quantitative estimate of drug-likeness (QED) is 0.534. The summed E-state index contributed by atoms with van der Waals surface area (Å²) in [6, 6.07) is 0. The zero-order chi connectivity index (χ0) is 9.68. The molecule has 68 valence electrons. The van der Waals surface area contributed by atoms with Crippen molar-refractivity contribution in [1.29, 1.82) is 5.41 Å². The van der Waals surface area contributed by atoms with Gasteiger partial charge in [-0.3, -0.25) is 5.10 Å². The molecule has 0 fully saturated rings. The van der Waals surface area contributed by atoms with Crippen LogP contribution >= 0.6 is 0 Å². The first-order valence-corrected chi connectivity index (χ1v) is 4.20. The summed E-state index contributed by atoms with van der Waals surface area (Å²) in [4.78, 5) is 0. The van der Waals surface area contributed by atoms with E-state index in [2.05, 4.69) is 16.8 Å². The Balaban J connectivity index is 3.11. The molecule has 1 aromatic heterocycles. The number of nitrogens with one attached hydrogen (secondary N) is 2. The Bertz CT molecular complexity index is 334. The predicted octanol–water partition coefficient (Wildman–Crippen LogP) is 2.17. The number of aromatic amines is 1. The third-order valence-corrected chi connectivity index (χ3v) is 1.80. The van der Waals surface area contributed by atoms with Gasteiger partial charge in [0.05, 0.1) is 0 Å². The van der Waals surface area contributed by atoms with E-state index in [9.17, 15) is 0 Å².